The summed E-state index contributed by atoms with van der Waals surface area (Å²) < 4.78 is 1.99. The van der Waals surface area contributed by atoms with E-state index in [0.717, 1.165) is 22.4 Å². The largest absolute Gasteiger partial charge is 0.331 e. The first-order valence-electron chi connectivity index (χ1n) is 8.51. The Morgan fingerprint density at radius 2 is 2.04 bits per heavy atom. The van der Waals surface area contributed by atoms with E-state index in [1.165, 1.54) is 17.5 Å². The van der Waals surface area contributed by atoms with E-state index >= 15 is 0 Å². The van der Waals surface area contributed by atoms with E-state index in [4.69, 9.17) is 11.6 Å². The summed E-state index contributed by atoms with van der Waals surface area (Å²) in [5.74, 6) is 1.23. The lowest BCUT2D eigenvalue weighted by atomic mass is 10.2. The molecular weight excluding hydrogens is 396 g/mol. The number of para-hydroxylation sites is 1. The van der Waals surface area contributed by atoms with Crippen LogP contribution in [0.4, 0.5) is 16.6 Å². The van der Waals surface area contributed by atoms with Crippen LogP contribution in [0.3, 0.4) is 0 Å². The van der Waals surface area contributed by atoms with Crippen molar-refractivity contribution < 1.29 is 4.79 Å². The van der Waals surface area contributed by atoms with Gasteiger partial charge in [0.2, 0.25) is 0 Å². The highest BCUT2D eigenvalue weighted by atomic mass is 35.5. The molecule has 0 spiro atoms. The number of benzene rings is 1. The fourth-order valence-corrected chi connectivity index (χ4v) is 3.81. The van der Waals surface area contributed by atoms with Crippen molar-refractivity contribution >= 4 is 56.5 Å². The lowest BCUT2D eigenvalue weighted by Gasteiger charge is -2.08. The van der Waals surface area contributed by atoms with Crippen molar-refractivity contribution in [3.05, 3.63) is 57.9 Å². The Labute approximate surface area is 170 Å². The van der Waals surface area contributed by atoms with Crippen molar-refractivity contribution in [2.45, 2.75) is 13.8 Å². The number of nitrogens with zero attached hydrogens (tertiary/aromatic N) is 4. The smallest absolute Gasteiger partial charge is 0.267 e. The Bertz CT molecular complexity index is 1180. The number of imidazole rings is 1. The quantitative estimate of drug-likeness (QED) is 0.508. The highest BCUT2D eigenvalue weighted by Crippen LogP contribution is 2.29. The van der Waals surface area contributed by atoms with Gasteiger partial charge in [0, 0.05) is 13.2 Å². The van der Waals surface area contributed by atoms with Crippen molar-refractivity contribution in [1.29, 1.82) is 0 Å². The third-order valence-corrected chi connectivity index (χ3v) is 5.67. The summed E-state index contributed by atoms with van der Waals surface area (Å²) >= 11 is 7.42. The molecule has 0 unspecified atom stereocenters. The molecule has 3 aromatic heterocycles. The lowest BCUT2D eigenvalue weighted by molar-refractivity contribution is 0.103. The lowest BCUT2D eigenvalue weighted by Crippen LogP contribution is -2.11. The van der Waals surface area contributed by atoms with E-state index in [0.29, 0.717) is 26.5 Å². The van der Waals surface area contributed by atoms with Crippen LogP contribution in [0.2, 0.25) is 5.02 Å². The van der Waals surface area contributed by atoms with Crippen LogP contribution in [-0.4, -0.2) is 25.4 Å². The molecule has 0 bridgehead atoms. The third-order valence-electron chi connectivity index (χ3n) is 4.44. The molecule has 2 N–H and O–H groups in total. The molecule has 0 fully saturated rings. The maximum absolute atomic E-state index is 12.6. The van der Waals surface area contributed by atoms with E-state index in [9.17, 15) is 4.79 Å². The predicted molar refractivity (Wildman–Crippen MR) is 113 cm³/mol. The number of carbonyl (C=O) groups is 1. The van der Waals surface area contributed by atoms with Gasteiger partial charge in [0.05, 0.1) is 22.4 Å². The molecule has 0 aliphatic carbocycles. The van der Waals surface area contributed by atoms with Gasteiger partial charge in [0.25, 0.3) is 5.91 Å². The Balaban J connectivity index is 1.57. The molecule has 4 rings (SSSR count). The molecule has 4 aromatic rings. The monoisotopic (exact) mass is 412 g/mol. The molecule has 0 aliphatic rings. The number of anilines is 3. The summed E-state index contributed by atoms with van der Waals surface area (Å²) in [5.41, 5.74) is 3.23. The van der Waals surface area contributed by atoms with Crippen LogP contribution in [0.1, 0.15) is 21.1 Å². The Morgan fingerprint density at radius 3 is 2.82 bits per heavy atom. The van der Waals surface area contributed by atoms with E-state index in [1.54, 1.807) is 12.3 Å². The van der Waals surface area contributed by atoms with Crippen molar-refractivity contribution in [3.63, 3.8) is 0 Å². The Kier molecular flexibility index (Phi) is 4.74. The number of halogens is 1. The Morgan fingerprint density at radius 1 is 1.21 bits per heavy atom. The minimum absolute atomic E-state index is 0.262. The van der Waals surface area contributed by atoms with E-state index in [2.05, 4.69) is 25.6 Å². The second-order valence-corrected chi connectivity index (χ2v) is 7.72. The number of fused-ring (bicyclic) bond motifs is 1. The third kappa shape index (κ3) is 3.32. The van der Waals surface area contributed by atoms with Gasteiger partial charge in [-0.2, -0.15) is 0 Å². The van der Waals surface area contributed by atoms with Crippen LogP contribution in [0.5, 0.6) is 0 Å². The number of rotatable bonds is 4. The molecule has 9 heteroatoms. The van der Waals surface area contributed by atoms with Gasteiger partial charge in [-0.25, -0.2) is 15.0 Å². The first kappa shape index (κ1) is 18.4. The molecule has 142 valence electrons. The van der Waals surface area contributed by atoms with Crippen LogP contribution in [0.15, 0.2) is 36.7 Å². The molecular formula is C19H17ClN6OS. The van der Waals surface area contributed by atoms with E-state index in [-0.39, 0.29) is 5.91 Å². The van der Waals surface area contributed by atoms with Gasteiger partial charge in [0.1, 0.15) is 16.2 Å². The van der Waals surface area contributed by atoms with Crippen LogP contribution >= 0.6 is 22.9 Å². The number of hydrogen-bond donors (Lipinski definition) is 2. The summed E-state index contributed by atoms with van der Waals surface area (Å²) in [4.78, 5) is 26.3. The van der Waals surface area contributed by atoms with Crippen LogP contribution in [0.25, 0.3) is 11.0 Å². The highest BCUT2D eigenvalue weighted by Gasteiger charge is 2.16. The normalized spacial score (nSPS) is 11.0. The fourth-order valence-electron chi connectivity index (χ4n) is 2.83. The standard InChI is InChI=1S/C19H17ClN6OS/c1-10-5-4-6-12(20)15(10)24-18(27)14-9-22-19(28-14)25-17-16-13(7-8-21-17)26(3)11(2)23-16/h4-9H,1-3H3,(H,24,27)(H,21,22,25). The van der Waals surface area contributed by atoms with Crippen molar-refractivity contribution in [2.75, 3.05) is 10.6 Å². The van der Waals surface area contributed by atoms with Crippen molar-refractivity contribution in [1.82, 2.24) is 19.5 Å². The van der Waals surface area contributed by atoms with Gasteiger partial charge < -0.3 is 15.2 Å². The molecule has 0 aliphatic heterocycles. The van der Waals surface area contributed by atoms with Gasteiger partial charge in [-0.1, -0.05) is 35.1 Å². The summed E-state index contributed by atoms with van der Waals surface area (Å²) in [6, 6.07) is 7.38. The number of thiazole rings is 1. The number of aromatic nitrogens is 4. The second kappa shape index (κ2) is 7.21. The van der Waals surface area contributed by atoms with Gasteiger partial charge in [-0.05, 0) is 31.5 Å². The average Bonchev–Trinajstić information content (AvgIpc) is 3.25. The first-order chi connectivity index (χ1) is 13.4. The zero-order chi connectivity index (χ0) is 19.8. The zero-order valence-corrected chi connectivity index (χ0v) is 17.0. The molecule has 0 saturated carbocycles. The van der Waals surface area contributed by atoms with Gasteiger partial charge in [-0.3, -0.25) is 4.79 Å². The summed E-state index contributed by atoms with van der Waals surface area (Å²) in [6.45, 7) is 3.83. The topological polar surface area (TPSA) is 84.7 Å². The maximum Gasteiger partial charge on any atom is 0.267 e. The number of nitrogens with one attached hydrogen (secondary N) is 2. The van der Waals surface area contributed by atoms with Crippen molar-refractivity contribution in [3.8, 4) is 0 Å². The van der Waals surface area contributed by atoms with E-state index in [1.807, 2.05) is 43.7 Å². The number of aryl methyl sites for hydroxylation is 3. The fraction of sp³-hybridized carbons (Fsp3) is 0.158. The van der Waals surface area contributed by atoms with Gasteiger partial charge >= 0.3 is 0 Å². The van der Waals surface area contributed by atoms with Crippen LogP contribution in [0, 0.1) is 13.8 Å². The minimum Gasteiger partial charge on any atom is -0.331 e. The van der Waals surface area contributed by atoms with Crippen LogP contribution in [-0.2, 0) is 7.05 Å². The second-order valence-electron chi connectivity index (χ2n) is 6.29. The molecule has 1 amide bonds. The predicted octanol–water partition coefficient (Wildman–Crippen LogP) is 4.69. The molecule has 3 heterocycles. The Hall–Kier alpha value is -2.97. The molecule has 0 radical (unpaired) electrons. The van der Waals surface area contributed by atoms with Gasteiger partial charge in [-0.15, -0.1) is 0 Å². The number of pyridine rings is 1. The van der Waals surface area contributed by atoms with Gasteiger partial charge in [0.15, 0.2) is 10.9 Å². The molecule has 0 atom stereocenters. The molecule has 1 aromatic carbocycles. The number of amides is 1. The van der Waals surface area contributed by atoms with Crippen molar-refractivity contribution in [2.24, 2.45) is 7.05 Å². The maximum atomic E-state index is 12.6. The zero-order valence-electron chi connectivity index (χ0n) is 15.4. The molecule has 0 saturated heterocycles. The van der Waals surface area contributed by atoms with Crippen LogP contribution < -0.4 is 10.6 Å². The SMILES string of the molecule is Cc1cccc(Cl)c1NC(=O)c1cnc(Nc2nccc3c2nc(C)n3C)s1. The molecule has 7 nitrogen and oxygen atoms in total. The first-order valence-corrected chi connectivity index (χ1v) is 9.71. The summed E-state index contributed by atoms with van der Waals surface area (Å²) in [6.07, 6.45) is 3.24. The van der Waals surface area contributed by atoms with E-state index < -0.39 is 0 Å². The highest BCUT2D eigenvalue weighted by molar-refractivity contribution is 7.17. The number of hydrogen-bond acceptors (Lipinski definition) is 6. The summed E-state index contributed by atoms with van der Waals surface area (Å²) in [7, 11) is 1.96. The molecule has 28 heavy (non-hydrogen) atoms. The minimum atomic E-state index is -0.262. The number of carbonyl (C=O) groups excluding carboxylic acids is 1. The summed E-state index contributed by atoms with van der Waals surface area (Å²) in [5, 5.41) is 7.07. The average molecular weight is 413 g/mol.